The molecule has 0 saturated heterocycles. The fourth-order valence-corrected chi connectivity index (χ4v) is 8.22. The molecule has 0 aromatic rings. The third kappa shape index (κ3) is 46.5. The molecule has 3 unspecified atom stereocenters. The number of unbranched alkanes of at least 4 members (excludes halogenated alkanes) is 30. The largest absolute Gasteiger partial charge is 0.472 e. The van der Waals surface area contributed by atoms with Gasteiger partial charge in [0.25, 0.3) is 0 Å². The Morgan fingerprint density at radius 1 is 0.541 bits per heavy atom. The van der Waals surface area contributed by atoms with Crippen molar-refractivity contribution >= 4 is 13.7 Å². The Bertz CT molecular complexity index is 1090. The molecule has 0 bridgehead atoms. The Morgan fingerprint density at radius 3 is 1.31 bits per heavy atom. The molecule has 0 aliphatic rings. The van der Waals surface area contributed by atoms with Crippen molar-refractivity contribution in [3.05, 3.63) is 36.5 Å². The van der Waals surface area contributed by atoms with Gasteiger partial charge in [0, 0.05) is 6.42 Å². The van der Waals surface area contributed by atoms with Crippen molar-refractivity contribution in [3.63, 3.8) is 0 Å². The van der Waals surface area contributed by atoms with E-state index in [-0.39, 0.29) is 19.1 Å². The number of amides is 1. The highest BCUT2D eigenvalue weighted by Crippen LogP contribution is 2.43. The first-order chi connectivity index (χ1) is 29.5. The summed E-state index contributed by atoms with van der Waals surface area (Å²) in [6.45, 7) is 4.81. The molecule has 0 radical (unpaired) electrons. The second-order valence-electron chi connectivity index (χ2n) is 18.9. The van der Waals surface area contributed by atoms with Gasteiger partial charge in [0.05, 0.1) is 39.9 Å². The number of rotatable bonds is 47. The normalized spacial score (nSPS) is 14.4. The van der Waals surface area contributed by atoms with Gasteiger partial charge in [-0.1, -0.05) is 224 Å². The van der Waals surface area contributed by atoms with Gasteiger partial charge in [-0.2, -0.15) is 0 Å². The molecule has 0 heterocycles. The predicted octanol–water partition coefficient (Wildman–Crippen LogP) is 15.0. The summed E-state index contributed by atoms with van der Waals surface area (Å²) in [5.74, 6) is -0.188. The molecule has 0 saturated carbocycles. The van der Waals surface area contributed by atoms with Crippen LogP contribution in [0.25, 0.3) is 0 Å². The second-order valence-corrected chi connectivity index (χ2v) is 20.3. The summed E-state index contributed by atoms with van der Waals surface area (Å²) in [5.41, 5.74) is 0. The van der Waals surface area contributed by atoms with Crippen LogP contribution in [0.4, 0.5) is 0 Å². The molecule has 3 atom stereocenters. The highest BCUT2D eigenvalue weighted by molar-refractivity contribution is 7.47. The number of carbonyl (C=O) groups is 1. The van der Waals surface area contributed by atoms with Crippen molar-refractivity contribution in [2.24, 2.45) is 0 Å². The van der Waals surface area contributed by atoms with Gasteiger partial charge < -0.3 is 19.8 Å². The minimum absolute atomic E-state index is 0.0549. The third-order valence-electron chi connectivity index (χ3n) is 11.6. The maximum atomic E-state index is 12.9. The number of carbonyl (C=O) groups excluding carboxylic acids is 1. The van der Waals surface area contributed by atoms with Crippen molar-refractivity contribution in [1.29, 1.82) is 0 Å². The van der Waals surface area contributed by atoms with E-state index in [1.54, 1.807) is 6.08 Å². The van der Waals surface area contributed by atoms with E-state index in [2.05, 4.69) is 43.5 Å². The smallest absolute Gasteiger partial charge is 0.387 e. The van der Waals surface area contributed by atoms with Crippen LogP contribution in [0.1, 0.15) is 239 Å². The Morgan fingerprint density at radius 2 is 0.902 bits per heavy atom. The number of hydrogen-bond donors (Lipinski definition) is 3. The van der Waals surface area contributed by atoms with Crippen LogP contribution in [0.2, 0.25) is 0 Å². The molecule has 0 aromatic heterocycles. The van der Waals surface area contributed by atoms with Gasteiger partial charge in [-0.05, 0) is 44.9 Å². The molecule has 0 spiro atoms. The summed E-state index contributed by atoms with van der Waals surface area (Å²) in [6.07, 6.45) is 55.1. The molecule has 8 nitrogen and oxygen atoms in total. The van der Waals surface area contributed by atoms with E-state index in [9.17, 15) is 19.4 Å². The number of nitrogens with one attached hydrogen (secondary N) is 1. The van der Waals surface area contributed by atoms with Gasteiger partial charge in [-0.25, -0.2) is 4.57 Å². The highest BCUT2D eigenvalue weighted by atomic mass is 31.2. The van der Waals surface area contributed by atoms with E-state index in [4.69, 9.17) is 9.05 Å². The third-order valence-corrected chi connectivity index (χ3v) is 12.6. The summed E-state index contributed by atoms with van der Waals surface area (Å²) < 4.78 is 23.6. The van der Waals surface area contributed by atoms with E-state index >= 15 is 0 Å². The summed E-state index contributed by atoms with van der Waals surface area (Å²) in [5, 5.41) is 13.9. The number of aliphatic hydroxyl groups is 1. The quantitative estimate of drug-likeness (QED) is 0.0243. The van der Waals surface area contributed by atoms with Gasteiger partial charge >= 0.3 is 7.82 Å². The van der Waals surface area contributed by atoms with Crippen molar-refractivity contribution in [3.8, 4) is 0 Å². The molecule has 9 heteroatoms. The van der Waals surface area contributed by atoms with Gasteiger partial charge in [0.1, 0.15) is 13.2 Å². The zero-order chi connectivity index (χ0) is 45.0. The van der Waals surface area contributed by atoms with Crippen LogP contribution in [0.15, 0.2) is 36.5 Å². The van der Waals surface area contributed by atoms with Crippen LogP contribution in [0.3, 0.4) is 0 Å². The number of phosphoric ester groups is 1. The minimum Gasteiger partial charge on any atom is -0.387 e. The monoisotopic (exact) mass is 882 g/mol. The lowest BCUT2D eigenvalue weighted by atomic mass is 10.0. The summed E-state index contributed by atoms with van der Waals surface area (Å²) >= 11 is 0. The number of aliphatic hydroxyl groups excluding tert-OH is 1. The van der Waals surface area contributed by atoms with E-state index in [0.717, 1.165) is 44.9 Å². The molecule has 61 heavy (non-hydrogen) atoms. The SMILES string of the molecule is CCCCCCCCCCCC/C=C/CC/C=C/CC/C=C/C(O)C(COP(=O)(O)OCC[N+](C)(C)C)NC(=O)CCCCCCCCCCCCCCCCCCCCC. The molecular formula is C52H102N2O6P+. The highest BCUT2D eigenvalue weighted by Gasteiger charge is 2.27. The van der Waals surface area contributed by atoms with E-state index in [1.165, 1.54) is 173 Å². The lowest BCUT2D eigenvalue weighted by molar-refractivity contribution is -0.870. The number of quaternary nitrogens is 1. The number of likely N-dealkylation sites (N-methyl/N-ethyl adjacent to an activating group) is 1. The molecule has 0 aromatic carbocycles. The molecule has 0 aliphatic carbocycles. The summed E-state index contributed by atoms with van der Waals surface area (Å²) in [4.78, 5) is 23.2. The minimum atomic E-state index is -4.35. The average Bonchev–Trinajstić information content (AvgIpc) is 3.21. The number of allylic oxidation sites excluding steroid dienone is 5. The first kappa shape index (κ1) is 59.7. The van der Waals surface area contributed by atoms with E-state index in [1.807, 2.05) is 27.2 Å². The molecule has 0 fully saturated rings. The van der Waals surface area contributed by atoms with Gasteiger partial charge in [0.2, 0.25) is 5.91 Å². The summed E-state index contributed by atoms with van der Waals surface area (Å²) in [6, 6.07) is -0.866. The molecule has 1 amide bonds. The lowest BCUT2D eigenvalue weighted by Crippen LogP contribution is -2.45. The molecule has 360 valence electrons. The molecule has 3 N–H and O–H groups in total. The van der Waals surface area contributed by atoms with Crippen LogP contribution < -0.4 is 5.32 Å². The molecule has 0 aliphatic heterocycles. The van der Waals surface area contributed by atoms with E-state index < -0.39 is 20.0 Å². The van der Waals surface area contributed by atoms with Gasteiger partial charge in [-0.15, -0.1) is 0 Å². The second kappa shape index (κ2) is 43.9. The number of phosphoric acid groups is 1. The number of nitrogens with zero attached hydrogens (tertiary/aromatic N) is 1. The van der Waals surface area contributed by atoms with Crippen LogP contribution in [-0.2, 0) is 18.4 Å². The van der Waals surface area contributed by atoms with Crippen molar-refractivity contribution in [2.75, 3.05) is 40.9 Å². The van der Waals surface area contributed by atoms with Crippen LogP contribution >= 0.6 is 7.82 Å². The Balaban J connectivity index is 4.37. The van der Waals surface area contributed by atoms with Crippen molar-refractivity contribution < 1.29 is 32.9 Å². The fraction of sp³-hybridized carbons (Fsp3) is 0.865. The summed E-state index contributed by atoms with van der Waals surface area (Å²) in [7, 11) is 1.55. The number of hydrogen-bond acceptors (Lipinski definition) is 5. The zero-order valence-corrected chi connectivity index (χ0v) is 41.8. The molecule has 0 rings (SSSR count). The Kier molecular flexibility index (Phi) is 43.0. The maximum absolute atomic E-state index is 12.9. The first-order valence-corrected chi connectivity index (χ1v) is 27.4. The van der Waals surface area contributed by atoms with Crippen LogP contribution in [0, 0.1) is 0 Å². The van der Waals surface area contributed by atoms with Crippen molar-refractivity contribution in [1.82, 2.24) is 5.32 Å². The Labute approximate surface area is 378 Å². The fourth-order valence-electron chi connectivity index (χ4n) is 7.49. The molecular weight excluding hydrogens is 780 g/mol. The maximum Gasteiger partial charge on any atom is 0.472 e. The van der Waals surface area contributed by atoms with Gasteiger partial charge in [0.15, 0.2) is 0 Å². The lowest BCUT2D eigenvalue weighted by Gasteiger charge is -2.25. The van der Waals surface area contributed by atoms with Crippen molar-refractivity contribution in [2.45, 2.75) is 251 Å². The first-order valence-electron chi connectivity index (χ1n) is 25.9. The van der Waals surface area contributed by atoms with Crippen LogP contribution in [0.5, 0.6) is 0 Å². The zero-order valence-electron chi connectivity index (χ0n) is 40.9. The van der Waals surface area contributed by atoms with Gasteiger partial charge in [-0.3, -0.25) is 13.8 Å². The average molecular weight is 882 g/mol. The topological polar surface area (TPSA) is 105 Å². The predicted molar refractivity (Wildman–Crippen MR) is 263 cm³/mol. The Hall–Kier alpha value is -1.28. The standard InChI is InChI=1S/C52H101N2O6P/c1-6-8-10-12-14-16-18-20-22-24-26-28-29-31-33-35-37-39-41-43-45-51(55)50(49-60-61(57,58)59-48-47-54(3,4)5)53-52(56)46-44-42-40-38-36-34-32-30-27-25-23-21-19-17-15-13-11-9-7-2/h28-29,35,37,43,45,50-51,55H,6-27,30-34,36,38-42,44,46-49H2,1-5H3,(H-,53,56,57,58)/p+1/b29-28+,37-35+,45-43+. The van der Waals surface area contributed by atoms with Crippen LogP contribution in [-0.4, -0.2) is 73.4 Å². The van der Waals surface area contributed by atoms with E-state index in [0.29, 0.717) is 17.4 Å².